The van der Waals surface area contributed by atoms with E-state index >= 15 is 0 Å². The minimum atomic E-state index is -0.327. The first-order chi connectivity index (χ1) is 14.8. The van der Waals surface area contributed by atoms with Gasteiger partial charge in [-0.05, 0) is 60.8 Å². The molecule has 2 aliphatic rings. The summed E-state index contributed by atoms with van der Waals surface area (Å²) in [4.78, 5) is 15.7. The Labute approximate surface area is 189 Å². The lowest BCUT2D eigenvalue weighted by Crippen LogP contribution is -2.44. The summed E-state index contributed by atoms with van der Waals surface area (Å²) in [7, 11) is 1.65. The molecule has 2 aromatic rings. The van der Waals surface area contributed by atoms with Gasteiger partial charge in [-0.3, -0.25) is 4.79 Å². The molecule has 0 radical (unpaired) electrons. The fourth-order valence-corrected chi connectivity index (χ4v) is 4.90. The van der Waals surface area contributed by atoms with Gasteiger partial charge in [-0.15, -0.1) is 0 Å². The second-order valence-corrected chi connectivity index (χ2v) is 9.24. The average Bonchev–Trinajstić information content (AvgIpc) is 2.87. The van der Waals surface area contributed by atoms with Gasteiger partial charge in [0.25, 0.3) is 0 Å². The van der Waals surface area contributed by atoms with Crippen LogP contribution in [0.1, 0.15) is 45.2 Å². The lowest BCUT2D eigenvalue weighted by Gasteiger charge is -2.38. The van der Waals surface area contributed by atoms with Crippen molar-refractivity contribution >= 4 is 34.5 Å². The number of carbonyl (C=O) groups is 1. The molecule has 0 saturated carbocycles. The Balaban J connectivity index is 1.97. The normalized spacial score (nSPS) is 19.7. The van der Waals surface area contributed by atoms with Crippen LogP contribution >= 0.6 is 12.2 Å². The first kappa shape index (κ1) is 21.4. The molecule has 5 nitrogen and oxygen atoms in total. The number of benzene rings is 2. The summed E-state index contributed by atoms with van der Waals surface area (Å²) in [6, 6.07) is 15.7. The van der Waals surface area contributed by atoms with Gasteiger partial charge in [0.05, 0.1) is 24.5 Å². The molecular weight excluding hydrogens is 406 g/mol. The van der Waals surface area contributed by atoms with Crippen LogP contribution in [0, 0.1) is 5.41 Å². The highest BCUT2D eigenvalue weighted by Crippen LogP contribution is 2.48. The predicted molar refractivity (Wildman–Crippen MR) is 130 cm³/mol. The van der Waals surface area contributed by atoms with E-state index in [9.17, 15) is 4.79 Å². The Morgan fingerprint density at radius 1 is 1.19 bits per heavy atom. The molecule has 0 aromatic heterocycles. The number of nitrogens with zero attached hydrogens (tertiary/aromatic N) is 1. The maximum Gasteiger partial charge on any atom is 0.174 e. The number of anilines is 2. The number of hydrogen-bond donors (Lipinski definition) is 2. The molecule has 1 aliphatic heterocycles. The van der Waals surface area contributed by atoms with Crippen molar-refractivity contribution in [3.05, 3.63) is 65.4 Å². The van der Waals surface area contributed by atoms with E-state index in [1.165, 1.54) is 0 Å². The second kappa shape index (κ2) is 8.35. The van der Waals surface area contributed by atoms with E-state index in [0.29, 0.717) is 18.1 Å². The largest absolute Gasteiger partial charge is 0.497 e. The van der Waals surface area contributed by atoms with Gasteiger partial charge in [0.15, 0.2) is 10.9 Å². The quantitative estimate of drug-likeness (QED) is 0.646. The Bertz CT molecular complexity index is 1040. The SMILES string of the molecule is CCNC(=S)N1c2ccccc2NC2=C(C(=O)CC(C)(C)C2)[C@H]1c1ccc(OC)cc1. The summed E-state index contributed by atoms with van der Waals surface area (Å²) in [6.07, 6.45) is 1.31. The monoisotopic (exact) mass is 435 g/mol. The van der Waals surface area contributed by atoms with Crippen molar-refractivity contribution in [1.82, 2.24) is 5.32 Å². The third kappa shape index (κ3) is 4.04. The molecule has 4 rings (SSSR count). The van der Waals surface area contributed by atoms with Gasteiger partial charge in [-0.1, -0.05) is 38.1 Å². The maximum absolute atomic E-state index is 13.6. The van der Waals surface area contributed by atoms with Crippen molar-refractivity contribution < 1.29 is 9.53 Å². The zero-order valence-electron chi connectivity index (χ0n) is 18.5. The number of rotatable bonds is 3. The van der Waals surface area contributed by atoms with Crippen LogP contribution in [0.5, 0.6) is 5.75 Å². The van der Waals surface area contributed by atoms with E-state index in [1.807, 2.05) is 49.4 Å². The van der Waals surface area contributed by atoms with Crippen molar-refractivity contribution in [3.8, 4) is 5.75 Å². The molecule has 1 heterocycles. The molecule has 31 heavy (non-hydrogen) atoms. The molecule has 0 amide bonds. The fourth-order valence-electron chi connectivity index (χ4n) is 4.55. The van der Waals surface area contributed by atoms with Crippen molar-refractivity contribution in [2.75, 3.05) is 23.9 Å². The van der Waals surface area contributed by atoms with Crippen LogP contribution in [-0.4, -0.2) is 24.6 Å². The number of allylic oxidation sites excluding steroid dienone is 1. The van der Waals surface area contributed by atoms with E-state index in [-0.39, 0.29) is 17.2 Å². The van der Waals surface area contributed by atoms with Crippen molar-refractivity contribution in [1.29, 1.82) is 0 Å². The lowest BCUT2D eigenvalue weighted by atomic mass is 9.73. The molecule has 162 valence electrons. The number of thiocarbonyl (C=S) groups is 1. The van der Waals surface area contributed by atoms with E-state index in [4.69, 9.17) is 17.0 Å². The topological polar surface area (TPSA) is 53.6 Å². The highest BCUT2D eigenvalue weighted by atomic mass is 32.1. The molecule has 1 atom stereocenters. The number of methoxy groups -OCH3 is 1. The number of ether oxygens (including phenoxy) is 1. The highest BCUT2D eigenvalue weighted by Gasteiger charge is 2.42. The highest BCUT2D eigenvalue weighted by molar-refractivity contribution is 7.80. The number of carbonyl (C=O) groups excluding carboxylic acids is 1. The van der Waals surface area contributed by atoms with Crippen LogP contribution in [0.3, 0.4) is 0 Å². The molecule has 0 saturated heterocycles. The van der Waals surface area contributed by atoms with Gasteiger partial charge in [0.2, 0.25) is 0 Å². The second-order valence-electron chi connectivity index (χ2n) is 8.86. The van der Waals surface area contributed by atoms with E-state index < -0.39 is 0 Å². The Morgan fingerprint density at radius 2 is 1.90 bits per heavy atom. The van der Waals surface area contributed by atoms with Gasteiger partial charge in [-0.25, -0.2) is 0 Å². The van der Waals surface area contributed by atoms with E-state index in [1.54, 1.807) is 7.11 Å². The molecule has 6 heteroatoms. The summed E-state index contributed by atoms with van der Waals surface area (Å²) in [6.45, 7) is 7.02. The number of para-hydroxylation sites is 2. The summed E-state index contributed by atoms with van der Waals surface area (Å²) >= 11 is 5.84. The standard InChI is InChI=1S/C25H29N3O2S/c1-5-26-24(31)28-20-9-7-6-8-18(20)27-19-14-25(2,3)15-21(29)22(19)23(28)16-10-12-17(30-4)13-11-16/h6-13,23,27H,5,14-15H2,1-4H3,(H,26,31)/t23-/m1/s1. The molecule has 1 aliphatic carbocycles. The maximum atomic E-state index is 13.6. The molecule has 2 N–H and O–H groups in total. The Morgan fingerprint density at radius 3 is 2.58 bits per heavy atom. The van der Waals surface area contributed by atoms with Gasteiger partial charge < -0.3 is 20.3 Å². The van der Waals surface area contributed by atoms with Crippen LogP contribution in [-0.2, 0) is 4.79 Å². The van der Waals surface area contributed by atoms with Crippen LogP contribution in [0.2, 0.25) is 0 Å². The Kier molecular flexibility index (Phi) is 5.75. The lowest BCUT2D eigenvalue weighted by molar-refractivity contribution is -0.118. The number of fused-ring (bicyclic) bond motifs is 1. The van der Waals surface area contributed by atoms with Gasteiger partial charge in [-0.2, -0.15) is 0 Å². The van der Waals surface area contributed by atoms with Gasteiger partial charge in [0, 0.05) is 24.2 Å². The number of ketones is 1. The number of Topliss-reactive ketones (excluding diaryl/α,β-unsaturated/α-hetero) is 1. The minimum absolute atomic E-state index is 0.0976. The van der Waals surface area contributed by atoms with E-state index in [2.05, 4.69) is 35.4 Å². The predicted octanol–water partition coefficient (Wildman–Crippen LogP) is 5.21. The molecule has 0 unspecified atom stereocenters. The smallest absolute Gasteiger partial charge is 0.174 e. The fraction of sp³-hybridized carbons (Fsp3) is 0.360. The molecule has 2 aromatic carbocycles. The number of hydrogen-bond acceptors (Lipinski definition) is 4. The van der Waals surface area contributed by atoms with Gasteiger partial charge in [0.1, 0.15) is 5.75 Å². The van der Waals surface area contributed by atoms with Crippen LogP contribution in [0.25, 0.3) is 0 Å². The third-order valence-electron chi connectivity index (χ3n) is 5.88. The van der Waals surface area contributed by atoms with Crippen molar-refractivity contribution in [2.24, 2.45) is 5.41 Å². The zero-order valence-corrected chi connectivity index (χ0v) is 19.3. The molecule has 0 spiro atoms. The molecule has 0 bridgehead atoms. The van der Waals surface area contributed by atoms with Crippen LogP contribution in [0.4, 0.5) is 11.4 Å². The minimum Gasteiger partial charge on any atom is -0.497 e. The molecule has 0 fully saturated rings. The first-order valence-corrected chi connectivity index (χ1v) is 11.1. The summed E-state index contributed by atoms with van der Waals surface area (Å²) in [5, 5.41) is 7.51. The zero-order chi connectivity index (χ0) is 22.2. The third-order valence-corrected chi connectivity index (χ3v) is 6.22. The summed E-state index contributed by atoms with van der Waals surface area (Å²) < 4.78 is 5.36. The van der Waals surface area contributed by atoms with Gasteiger partial charge >= 0.3 is 0 Å². The summed E-state index contributed by atoms with van der Waals surface area (Å²) in [5.74, 6) is 0.943. The van der Waals surface area contributed by atoms with Crippen LogP contribution in [0.15, 0.2) is 59.8 Å². The summed E-state index contributed by atoms with van der Waals surface area (Å²) in [5.41, 5.74) is 4.59. The van der Waals surface area contributed by atoms with Crippen molar-refractivity contribution in [2.45, 2.75) is 39.7 Å². The number of nitrogens with one attached hydrogen (secondary N) is 2. The molecular formula is C25H29N3O2S. The van der Waals surface area contributed by atoms with Crippen molar-refractivity contribution in [3.63, 3.8) is 0 Å². The Hall–Kier alpha value is -2.86. The average molecular weight is 436 g/mol. The first-order valence-electron chi connectivity index (χ1n) is 10.7. The van der Waals surface area contributed by atoms with Crippen LogP contribution < -0.4 is 20.3 Å². The van der Waals surface area contributed by atoms with E-state index in [0.717, 1.165) is 40.4 Å².